The lowest BCUT2D eigenvalue weighted by Gasteiger charge is -2.11. The molecule has 0 atom stereocenters. The molecule has 3 heteroatoms. The molecule has 0 fully saturated rings. The maximum atomic E-state index is 5.71. The van der Waals surface area contributed by atoms with Crippen molar-refractivity contribution >= 4 is 11.6 Å². The van der Waals surface area contributed by atoms with Gasteiger partial charge in [-0.1, -0.05) is 25.0 Å². The van der Waals surface area contributed by atoms with Crippen LogP contribution in [0.15, 0.2) is 24.3 Å². The standard InChI is InChI=1S/C14H21ClO2/c1-2-16-13-9-5-6-10-14(13)17-12-8-4-3-7-11-15/h5-6,9-10H,2-4,7-8,11-12H2,1H3. The van der Waals surface area contributed by atoms with Crippen molar-refractivity contribution in [2.24, 2.45) is 0 Å². The summed E-state index contributed by atoms with van der Waals surface area (Å²) < 4.78 is 11.2. The summed E-state index contributed by atoms with van der Waals surface area (Å²) in [6.45, 7) is 3.38. The maximum absolute atomic E-state index is 5.71. The van der Waals surface area contributed by atoms with Gasteiger partial charge in [-0.05, 0) is 31.9 Å². The number of benzene rings is 1. The van der Waals surface area contributed by atoms with Gasteiger partial charge in [-0.15, -0.1) is 11.6 Å². The molecule has 0 aliphatic rings. The van der Waals surface area contributed by atoms with Crippen LogP contribution in [0, 0.1) is 0 Å². The van der Waals surface area contributed by atoms with Gasteiger partial charge in [-0.2, -0.15) is 0 Å². The Morgan fingerprint density at radius 1 is 0.941 bits per heavy atom. The van der Waals surface area contributed by atoms with Crippen molar-refractivity contribution in [3.8, 4) is 11.5 Å². The summed E-state index contributed by atoms with van der Waals surface area (Å²) in [5, 5.41) is 0. The molecular weight excluding hydrogens is 236 g/mol. The van der Waals surface area contributed by atoms with Crippen molar-refractivity contribution < 1.29 is 9.47 Å². The molecule has 17 heavy (non-hydrogen) atoms. The van der Waals surface area contributed by atoms with Crippen LogP contribution in [0.25, 0.3) is 0 Å². The Bertz CT molecular complexity index is 302. The molecular formula is C14H21ClO2. The predicted molar refractivity (Wildman–Crippen MR) is 72.3 cm³/mol. The topological polar surface area (TPSA) is 18.5 Å². The van der Waals surface area contributed by atoms with E-state index in [1.165, 1.54) is 12.8 Å². The van der Waals surface area contributed by atoms with Crippen molar-refractivity contribution in [2.75, 3.05) is 19.1 Å². The predicted octanol–water partition coefficient (Wildman–Crippen LogP) is 4.26. The molecule has 1 rings (SSSR count). The van der Waals surface area contributed by atoms with E-state index < -0.39 is 0 Å². The van der Waals surface area contributed by atoms with Gasteiger partial charge < -0.3 is 9.47 Å². The minimum Gasteiger partial charge on any atom is -0.490 e. The molecule has 0 unspecified atom stereocenters. The molecule has 0 radical (unpaired) electrons. The number of alkyl halides is 1. The summed E-state index contributed by atoms with van der Waals surface area (Å²) in [4.78, 5) is 0. The van der Waals surface area contributed by atoms with E-state index in [0.29, 0.717) is 6.61 Å². The Morgan fingerprint density at radius 2 is 1.59 bits per heavy atom. The Morgan fingerprint density at radius 3 is 2.24 bits per heavy atom. The minimum absolute atomic E-state index is 0.663. The third-order valence-electron chi connectivity index (χ3n) is 2.43. The van der Waals surface area contributed by atoms with E-state index in [-0.39, 0.29) is 0 Å². The molecule has 1 aromatic rings. The highest BCUT2D eigenvalue weighted by Gasteiger charge is 2.02. The van der Waals surface area contributed by atoms with E-state index in [9.17, 15) is 0 Å². The number of hydrogen-bond acceptors (Lipinski definition) is 2. The van der Waals surface area contributed by atoms with E-state index >= 15 is 0 Å². The number of unbranched alkanes of at least 4 members (excludes halogenated alkanes) is 3. The van der Waals surface area contributed by atoms with E-state index in [1.54, 1.807) is 0 Å². The van der Waals surface area contributed by atoms with Crippen molar-refractivity contribution in [1.82, 2.24) is 0 Å². The van der Waals surface area contributed by atoms with Crippen LogP contribution in [0.1, 0.15) is 32.6 Å². The molecule has 0 saturated carbocycles. The van der Waals surface area contributed by atoms with Gasteiger partial charge >= 0.3 is 0 Å². The lowest BCUT2D eigenvalue weighted by Crippen LogP contribution is -2.00. The summed E-state index contributed by atoms with van der Waals surface area (Å²) in [6, 6.07) is 7.81. The SMILES string of the molecule is CCOc1ccccc1OCCCCCCCl. The Kier molecular flexibility index (Phi) is 7.65. The Labute approximate surface area is 109 Å². The monoisotopic (exact) mass is 256 g/mol. The second kappa shape index (κ2) is 9.17. The van der Waals surface area contributed by atoms with Crippen molar-refractivity contribution in [2.45, 2.75) is 32.6 Å². The lowest BCUT2D eigenvalue weighted by molar-refractivity contribution is 0.270. The number of halogens is 1. The summed E-state index contributed by atoms with van der Waals surface area (Å²) in [5.41, 5.74) is 0. The molecule has 0 N–H and O–H groups in total. The molecule has 0 aliphatic heterocycles. The van der Waals surface area contributed by atoms with Gasteiger partial charge in [0.15, 0.2) is 11.5 Å². The third kappa shape index (κ3) is 5.83. The van der Waals surface area contributed by atoms with Crippen LogP contribution in [0.2, 0.25) is 0 Å². The van der Waals surface area contributed by atoms with Gasteiger partial charge in [0.05, 0.1) is 13.2 Å². The Balaban J connectivity index is 2.25. The fraction of sp³-hybridized carbons (Fsp3) is 0.571. The molecule has 2 nitrogen and oxygen atoms in total. The van der Waals surface area contributed by atoms with Crippen LogP contribution in [0.4, 0.5) is 0 Å². The average molecular weight is 257 g/mol. The van der Waals surface area contributed by atoms with Crippen molar-refractivity contribution in [1.29, 1.82) is 0 Å². The number of rotatable bonds is 9. The summed E-state index contributed by atoms with van der Waals surface area (Å²) in [5.74, 6) is 2.43. The first-order valence-corrected chi connectivity index (χ1v) is 6.82. The van der Waals surface area contributed by atoms with Crippen LogP contribution in [-0.2, 0) is 0 Å². The molecule has 0 aliphatic carbocycles. The van der Waals surface area contributed by atoms with E-state index in [0.717, 1.165) is 36.8 Å². The van der Waals surface area contributed by atoms with Gasteiger partial charge in [-0.25, -0.2) is 0 Å². The van der Waals surface area contributed by atoms with Gasteiger partial charge in [0.2, 0.25) is 0 Å². The quantitative estimate of drug-likeness (QED) is 0.485. The van der Waals surface area contributed by atoms with E-state index in [2.05, 4.69) is 0 Å². The molecule has 0 aromatic heterocycles. The Hall–Kier alpha value is -0.890. The molecule has 0 heterocycles. The normalized spacial score (nSPS) is 10.2. The zero-order chi connectivity index (χ0) is 12.3. The van der Waals surface area contributed by atoms with Gasteiger partial charge in [-0.3, -0.25) is 0 Å². The summed E-state index contributed by atoms with van der Waals surface area (Å²) in [6.07, 6.45) is 4.51. The zero-order valence-electron chi connectivity index (χ0n) is 10.5. The van der Waals surface area contributed by atoms with Crippen LogP contribution < -0.4 is 9.47 Å². The highest BCUT2D eigenvalue weighted by molar-refractivity contribution is 6.17. The third-order valence-corrected chi connectivity index (χ3v) is 2.70. The van der Waals surface area contributed by atoms with Gasteiger partial charge in [0, 0.05) is 5.88 Å². The molecule has 1 aromatic carbocycles. The summed E-state index contributed by atoms with van der Waals surface area (Å²) in [7, 11) is 0. The molecule has 0 spiro atoms. The largest absolute Gasteiger partial charge is 0.490 e. The van der Waals surface area contributed by atoms with Crippen LogP contribution in [-0.4, -0.2) is 19.1 Å². The average Bonchev–Trinajstić information content (AvgIpc) is 2.36. The first kappa shape index (κ1) is 14.2. The lowest BCUT2D eigenvalue weighted by atomic mass is 10.2. The molecule has 0 bridgehead atoms. The summed E-state index contributed by atoms with van der Waals surface area (Å²) >= 11 is 5.62. The van der Waals surface area contributed by atoms with Crippen molar-refractivity contribution in [3.05, 3.63) is 24.3 Å². The van der Waals surface area contributed by atoms with Crippen LogP contribution >= 0.6 is 11.6 Å². The van der Waals surface area contributed by atoms with Crippen LogP contribution in [0.3, 0.4) is 0 Å². The second-order valence-electron chi connectivity index (χ2n) is 3.83. The molecule has 0 saturated heterocycles. The van der Waals surface area contributed by atoms with Gasteiger partial charge in [0.25, 0.3) is 0 Å². The number of hydrogen-bond donors (Lipinski definition) is 0. The van der Waals surface area contributed by atoms with E-state index in [4.69, 9.17) is 21.1 Å². The highest BCUT2D eigenvalue weighted by atomic mass is 35.5. The van der Waals surface area contributed by atoms with Crippen LogP contribution in [0.5, 0.6) is 11.5 Å². The maximum Gasteiger partial charge on any atom is 0.161 e. The number of ether oxygens (including phenoxy) is 2. The first-order valence-electron chi connectivity index (χ1n) is 6.29. The first-order chi connectivity index (χ1) is 8.38. The number of para-hydroxylation sites is 2. The fourth-order valence-electron chi connectivity index (χ4n) is 1.58. The van der Waals surface area contributed by atoms with E-state index in [1.807, 2.05) is 31.2 Å². The van der Waals surface area contributed by atoms with Gasteiger partial charge in [0.1, 0.15) is 0 Å². The minimum atomic E-state index is 0.663. The molecule has 0 amide bonds. The zero-order valence-corrected chi connectivity index (χ0v) is 11.2. The smallest absolute Gasteiger partial charge is 0.161 e. The molecule has 96 valence electrons. The van der Waals surface area contributed by atoms with Crippen molar-refractivity contribution in [3.63, 3.8) is 0 Å². The fourth-order valence-corrected chi connectivity index (χ4v) is 1.77. The second-order valence-corrected chi connectivity index (χ2v) is 4.21. The highest BCUT2D eigenvalue weighted by Crippen LogP contribution is 2.26.